The van der Waals surface area contributed by atoms with Crippen LogP contribution >= 0.6 is 0 Å². The van der Waals surface area contributed by atoms with Gasteiger partial charge in [0.1, 0.15) is 23.2 Å². The van der Waals surface area contributed by atoms with Gasteiger partial charge in [-0.2, -0.15) is 5.10 Å². The summed E-state index contributed by atoms with van der Waals surface area (Å²) in [6, 6.07) is 6.88. The van der Waals surface area contributed by atoms with E-state index in [9.17, 15) is 13.6 Å². The first-order chi connectivity index (χ1) is 18.8. The number of fused-ring (bicyclic) bond motifs is 1. The van der Waals surface area contributed by atoms with Gasteiger partial charge in [0.25, 0.3) is 0 Å². The highest BCUT2D eigenvalue weighted by molar-refractivity contribution is 5.68. The third-order valence-electron chi connectivity index (χ3n) is 7.01. The van der Waals surface area contributed by atoms with Gasteiger partial charge in [-0.15, -0.1) is 0 Å². The normalized spacial score (nSPS) is 19.2. The lowest BCUT2D eigenvalue weighted by molar-refractivity contribution is 0.156. The van der Waals surface area contributed by atoms with Crippen molar-refractivity contribution in [2.45, 2.75) is 25.4 Å². The van der Waals surface area contributed by atoms with Gasteiger partial charge in [0, 0.05) is 61.3 Å². The van der Waals surface area contributed by atoms with Gasteiger partial charge in [0.05, 0.1) is 43.2 Å². The number of nitrogens with zero attached hydrogens (tertiary/aromatic N) is 5. The third-order valence-corrected chi connectivity index (χ3v) is 7.01. The fourth-order valence-electron chi connectivity index (χ4n) is 5.10. The van der Waals surface area contributed by atoms with E-state index < -0.39 is 17.7 Å². The number of imidazole rings is 1. The molecule has 5 rings (SSSR count). The maximum absolute atomic E-state index is 14.8. The molecule has 1 aromatic carbocycles. The van der Waals surface area contributed by atoms with Gasteiger partial charge >= 0.3 is 6.09 Å². The predicted molar refractivity (Wildman–Crippen MR) is 141 cm³/mol. The molecule has 1 aliphatic rings. The molecule has 0 spiro atoms. The van der Waals surface area contributed by atoms with Crippen molar-refractivity contribution in [2.75, 3.05) is 32.2 Å². The van der Waals surface area contributed by atoms with Crippen LogP contribution in [0, 0.1) is 17.6 Å². The predicted octanol–water partition coefficient (Wildman–Crippen LogP) is 3.18. The lowest BCUT2D eigenvalue weighted by atomic mass is 9.89. The number of ether oxygens (including phenoxy) is 2. The SMILES string of the molecule is COC(=O)N[C@@H]1[C@H](N)CN(c2ccncc2Cc2ncc3ccc(-c4c(F)cc(OC)cc4F)nn23)C[C@@H]1C. The van der Waals surface area contributed by atoms with Crippen LogP contribution in [0.3, 0.4) is 0 Å². The van der Waals surface area contributed by atoms with Gasteiger partial charge < -0.3 is 25.4 Å². The van der Waals surface area contributed by atoms with E-state index in [0.29, 0.717) is 30.9 Å². The van der Waals surface area contributed by atoms with Crippen molar-refractivity contribution in [3.05, 3.63) is 71.9 Å². The first kappa shape index (κ1) is 26.3. The molecular formula is C27H29F2N7O3. The van der Waals surface area contributed by atoms with Gasteiger partial charge in [0.15, 0.2) is 0 Å². The number of rotatable bonds is 6. The third kappa shape index (κ3) is 5.19. The fraction of sp³-hybridized carbons (Fsp3) is 0.333. The number of carbonyl (C=O) groups excluding carboxylic acids is 1. The molecular weight excluding hydrogens is 508 g/mol. The van der Waals surface area contributed by atoms with Crippen LogP contribution in [0.4, 0.5) is 19.3 Å². The monoisotopic (exact) mass is 537 g/mol. The van der Waals surface area contributed by atoms with Crippen molar-refractivity contribution in [3.63, 3.8) is 0 Å². The maximum atomic E-state index is 14.8. The second kappa shape index (κ2) is 10.8. The van der Waals surface area contributed by atoms with Crippen molar-refractivity contribution in [1.82, 2.24) is 24.9 Å². The molecule has 12 heteroatoms. The van der Waals surface area contributed by atoms with Gasteiger partial charge in [-0.25, -0.2) is 23.1 Å². The number of hydrogen-bond acceptors (Lipinski definition) is 8. The fourth-order valence-corrected chi connectivity index (χ4v) is 5.10. The zero-order chi connectivity index (χ0) is 27.7. The van der Waals surface area contributed by atoms with Crippen LogP contribution in [-0.4, -0.2) is 65.1 Å². The number of methoxy groups -OCH3 is 2. The molecule has 1 saturated heterocycles. The number of pyridine rings is 1. The number of alkyl carbamates (subject to hydrolysis) is 1. The van der Waals surface area contributed by atoms with Crippen LogP contribution in [0.15, 0.2) is 48.9 Å². The average molecular weight is 538 g/mol. The zero-order valence-electron chi connectivity index (χ0n) is 21.8. The Hall–Kier alpha value is -4.32. The van der Waals surface area contributed by atoms with Crippen LogP contribution in [0.5, 0.6) is 5.75 Å². The number of aromatic nitrogens is 4. The van der Waals surface area contributed by atoms with Crippen molar-refractivity contribution in [1.29, 1.82) is 0 Å². The summed E-state index contributed by atoms with van der Waals surface area (Å²) in [7, 11) is 2.67. The first-order valence-electron chi connectivity index (χ1n) is 12.4. The molecule has 1 fully saturated rings. The molecule has 3 atom stereocenters. The van der Waals surface area contributed by atoms with E-state index in [1.807, 2.05) is 13.0 Å². The van der Waals surface area contributed by atoms with Crippen LogP contribution in [0.2, 0.25) is 0 Å². The van der Waals surface area contributed by atoms with Crippen LogP contribution in [-0.2, 0) is 11.2 Å². The Labute approximate surface area is 223 Å². The Morgan fingerprint density at radius 3 is 2.62 bits per heavy atom. The quantitative estimate of drug-likeness (QED) is 0.385. The summed E-state index contributed by atoms with van der Waals surface area (Å²) in [5.41, 5.74) is 8.84. The Morgan fingerprint density at radius 2 is 1.92 bits per heavy atom. The van der Waals surface area contributed by atoms with Gasteiger partial charge in [-0.1, -0.05) is 6.92 Å². The van der Waals surface area contributed by atoms with E-state index in [0.717, 1.165) is 23.4 Å². The Kier molecular flexibility index (Phi) is 7.29. The minimum atomic E-state index is -0.773. The molecule has 3 aromatic heterocycles. The number of nitrogens with two attached hydrogens (primary N) is 1. The minimum Gasteiger partial charge on any atom is -0.497 e. The molecule has 39 heavy (non-hydrogen) atoms. The molecule has 0 unspecified atom stereocenters. The second-order valence-corrected chi connectivity index (χ2v) is 9.58. The maximum Gasteiger partial charge on any atom is 0.407 e. The Balaban J connectivity index is 1.44. The molecule has 0 aliphatic carbocycles. The summed E-state index contributed by atoms with van der Waals surface area (Å²) in [5, 5.41) is 7.35. The molecule has 10 nitrogen and oxygen atoms in total. The highest BCUT2D eigenvalue weighted by atomic mass is 19.1. The standard InChI is InChI=1S/C27H29F2N7O3/c1-15-13-35(14-21(30)26(15)33-27(37)39-3)23-6-7-31-11-16(23)8-24-32-12-17-4-5-22(34-36(17)24)25-19(28)9-18(38-2)10-20(25)29/h4-7,9-12,15,21,26H,8,13-14,30H2,1-3H3,(H,33,37)/t15-,21+,26-/m0/s1. The lowest BCUT2D eigenvalue weighted by Gasteiger charge is -2.42. The van der Waals surface area contributed by atoms with Crippen molar-refractivity contribution >= 4 is 17.3 Å². The van der Waals surface area contributed by atoms with Crippen LogP contribution in [0.1, 0.15) is 18.3 Å². The van der Waals surface area contributed by atoms with Crippen molar-refractivity contribution in [2.24, 2.45) is 11.7 Å². The van der Waals surface area contributed by atoms with E-state index in [-0.39, 0.29) is 35.0 Å². The lowest BCUT2D eigenvalue weighted by Crippen LogP contribution is -2.62. The van der Waals surface area contributed by atoms with E-state index in [4.69, 9.17) is 15.2 Å². The summed E-state index contributed by atoms with van der Waals surface area (Å²) in [6.07, 6.45) is 4.99. The van der Waals surface area contributed by atoms with Gasteiger partial charge in [0.2, 0.25) is 0 Å². The van der Waals surface area contributed by atoms with Gasteiger partial charge in [-0.3, -0.25) is 4.98 Å². The summed E-state index contributed by atoms with van der Waals surface area (Å²) in [5.74, 6) is -0.827. The highest BCUT2D eigenvalue weighted by Crippen LogP contribution is 2.30. The number of benzene rings is 1. The van der Waals surface area contributed by atoms with E-state index in [1.165, 1.54) is 14.2 Å². The molecule has 4 aromatic rings. The summed E-state index contributed by atoms with van der Waals surface area (Å²) in [6.45, 7) is 3.19. The minimum absolute atomic E-state index is 0.0552. The second-order valence-electron chi connectivity index (χ2n) is 9.58. The summed E-state index contributed by atoms with van der Waals surface area (Å²) < 4.78 is 40.8. The van der Waals surface area contributed by atoms with Crippen LogP contribution in [0.25, 0.3) is 16.8 Å². The molecule has 4 heterocycles. The first-order valence-corrected chi connectivity index (χ1v) is 12.4. The Bertz CT molecular complexity index is 1480. The number of piperidine rings is 1. The number of anilines is 1. The van der Waals surface area contributed by atoms with Gasteiger partial charge in [-0.05, 0) is 24.1 Å². The molecule has 3 N–H and O–H groups in total. The van der Waals surface area contributed by atoms with Crippen LogP contribution < -0.4 is 20.7 Å². The topological polar surface area (TPSA) is 120 Å². The molecule has 1 amide bonds. The number of carbonyl (C=O) groups is 1. The summed E-state index contributed by atoms with van der Waals surface area (Å²) in [4.78, 5) is 22.8. The number of amides is 1. The summed E-state index contributed by atoms with van der Waals surface area (Å²) >= 11 is 0. The zero-order valence-corrected chi connectivity index (χ0v) is 21.8. The number of halogens is 2. The van der Waals surface area contributed by atoms with Crippen molar-refractivity contribution < 1.29 is 23.0 Å². The smallest absolute Gasteiger partial charge is 0.407 e. The average Bonchev–Trinajstić information content (AvgIpc) is 3.32. The Morgan fingerprint density at radius 1 is 1.15 bits per heavy atom. The van der Waals surface area contributed by atoms with E-state index in [1.54, 1.807) is 35.2 Å². The molecule has 0 bridgehead atoms. The highest BCUT2D eigenvalue weighted by Gasteiger charge is 2.34. The molecule has 204 valence electrons. The van der Waals surface area contributed by atoms with E-state index in [2.05, 4.69) is 25.3 Å². The molecule has 1 aliphatic heterocycles. The molecule has 0 saturated carbocycles. The largest absolute Gasteiger partial charge is 0.497 e. The number of hydrogen-bond donors (Lipinski definition) is 2. The van der Waals surface area contributed by atoms with Crippen molar-refractivity contribution in [3.8, 4) is 17.0 Å². The molecule has 0 radical (unpaired) electrons. The number of nitrogens with one attached hydrogen (secondary N) is 1. The van der Waals surface area contributed by atoms with E-state index >= 15 is 0 Å².